The molecule has 0 saturated heterocycles. The zero-order valence-corrected chi connectivity index (χ0v) is 15.5. The Balaban J connectivity index is 2.27. The number of nitrogen functional groups attached to an aromatic ring is 1. The molecular formula is C18H22N2O4S. The summed E-state index contributed by atoms with van der Waals surface area (Å²) in [5.41, 5.74) is 7.65. The summed E-state index contributed by atoms with van der Waals surface area (Å²) in [4.78, 5) is 12.1. The number of ether oxygens (including phenoxy) is 1. The van der Waals surface area contributed by atoms with Crippen LogP contribution in [-0.2, 0) is 14.6 Å². The first-order valence-electron chi connectivity index (χ1n) is 7.66. The van der Waals surface area contributed by atoms with Crippen molar-refractivity contribution in [1.29, 1.82) is 0 Å². The van der Waals surface area contributed by atoms with E-state index in [0.717, 1.165) is 17.4 Å². The lowest BCUT2D eigenvalue weighted by atomic mass is 10.0. The van der Waals surface area contributed by atoms with Crippen molar-refractivity contribution in [3.8, 4) is 11.1 Å². The number of anilines is 2. The maximum Gasteiger partial charge on any atom is 0.412 e. The largest absolute Gasteiger partial charge is 0.444 e. The van der Waals surface area contributed by atoms with Crippen LogP contribution in [0, 0.1) is 0 Å². The number of hydrogen-bond donors (Lipinski definition) is 2. The zero-order valence-electron chi connectivity index (χ0n) is 14.7. The molecule has 6 nitrogen and oxygen atoms in total. The minimum Gasteiger partial charge on any atom is -0.444 e. The lowest BCUT2D eigenvalue weighted by Crippen LogP contribution is -2.27. The predicted molar refractivity (Wildman–Crippen MR) is 99.3 cm³/mol. The molecule has 2 aromatic carbocycles. The molecule has 0 atom stereocenters. The van der Waals surface area contributed by atoms with Crippen LogP contribution in [0.5, 0.6) is 0 Å². The number of sulfone groups is 1. The highest BCUT2D eigenvalue weighted by Crippen LogP contribution is 2.28. The zero-order chi connectivity index (χ0) is 18.8. The molecule has 3 N–H and O–H groups in total. The molecule has 0 aliphatic heterocycles. The van der Waals surface area contributed by atoms with E-state index in [1.165, 1.54) is 0 Å². The highest BCUT2D eigenvalue weighted by molar-refractivity contribution is 7.90. The summed E-state index contributed by atoms with van der Waals surface area (Å²) in [6.07, 6.45) is 0.569. The Hall–Kier alpha value is -2.54. The van der Waals surface area contributed by atoms with E-state index in [4.69, 9.17) is 10.5 Å². The Morgan fingerprint density at radius 3 is 2.28 bits per heavy atom. The van der Waals surface area contributed by atoms with Gasteiger partial charge in [0.1, 0.15) is 5.60 Å². The molecule has 134 valence electrons. The fourth-order valence-electron chi connectivity index (χ4n) is 2.18. The van der Waals surface area contributed by atoms with Gasteiger partial charge in [-0.3, -0.25) is 5.32 Å². The summed E-state index contributed by atoms with van der Waals surface area (Å²) in [6, 6.07) is 11.7. The summed E-state index contributed by atoms with van der Waals surface area (Å²) < 4.78 is 28.6. The van der Waals surface area contributed by atoms with E-state index >= 15 is 0 Å². The van der Waals surface area contributed by atoms with Gasteiger partial charge in [-0.2, -0.15) is 0 Å². The molecule has 2 aromatic rings. The molecule has 0 radical (unpaired) electrons. The number of nitrogens with two attached hydrogens (primary N) is 1. The molecule has 0 aliphatic rings. The molecule has 0 spiro atoms. The topological polar surface area (TPSA) is 98.5 Å². The van der Waals surface area contributed by atoms with E-state index in [-0.39, 0.29) is 4.90 Å². The van der Waals surface area contributed by atoms with Crippen LogP contribution >= 0.6 is 0 Å². The van der Waals surface area contributed by atoms with E-state index in [2.05, 4.69) is 5.32 Å². The van der Waals surface area contributed by atoms with Gasteiger partial charge < -0.3 is 10.5 Å². The quantitative estimate of drug-likeness (QED) is 0.812. The molecule has 1 amide bonds. The van der Waals surface area contributed by atoms with E-state index in [1.54, 1.807) is 63.2 Å². The van der Waals surface area contributed by atoms with Gasteiger partial charge in [-0.1, -0.05) is 18.2 Å². The van der Waals surface area contributed by atoms with Gasteiger partial charge in [0.05, 0.1) is 16.3 Å². The van der Waals surface area contributed by atoms with Crippen molar-refractivity contribution in [2.24, 2.45) is 0 Å². The van der Waals surface area contributed by atoms with Gasteiger partial charge in [0.15, 0.2) is 9.84 Å². The van der Waals surface area contributed by atoms with Crippen molar-refractivity contribution in [3.05, 3.63) is 42.5 Å². The SMILES string of the molecule is CC(C)(C)OC(=O)Nc1ccc(-c2cccc(S(C)(=O)=O)c2)cc1N. The number of hydrogen-bond acceptors (Lipinski definition) is 5. The van der Waals surface area contributed by atoms with E-state index in [9.17, 15) is 13.2 Å². The summed E-state index contributed by atoms with van der Waals surface area (Å²) in [7, 11) is -3.29. The number of amides is 1. The standard InChI is InChI=1S/C18H22N2O4S/c1-18(2,3)24-17(21)20-16-9-8-13(11-15(16)19)12-6-5-7-14(10-12)25(4,22)23/h5-11H,19H2,1-4H3,(H,20,21). The smallest absolute Gasteiger partial charge is 0.412 e. The van der Waals surface area contributed by atoms with Crippen molar-refractivity contribution in [2.45, 2.75) is 31.3 Å². The molecular weight excluding hydrogens is 340 g/mol. The highest BCUT2D eigenvalue weighted by Gasteiger charge is 2.17. The summed E-state index contributed by atoms with van der Waals surface area (Å²) in [5.74, 6) is 0. The van der Waals surface area contributed by atoms with Crippen LogP contribution in [0.4, 0.5) is 16.2 Å². The van der Waals surface area contributed by atoms with E-state index in [0.29, 0.717) is 11.4 Å². The lowest BCUT2D eigenvalue weighted by molar-refractivity contribution is 0.0636. The van der Waals surface area contributed by atoms with Gasteiger partial charge in [-0.05, 0) is 56.2 Å². The van der Waals surface area contributed by atoms with Crippen molar-refractivity contribution in [2.75, 3.05) is 17.3 Å². The van der Waals surface area contributed by atoms with Crippen LogP contribution in [-0.4, -0.2) is 26.4 Å². The number of nitrogens with one attached hydrogen (secondary N) is 1. The fraction of sp³-hybridized carbons (Fsp3) is 0.278. The monoisotopic (exact) mass is 362 g/mol. The van der Waals surface area contributed by atoms with E-state index in [1.807, 2.05) is 0 Å². The molecule has 25 heavy (non-hydrogen) atoms. The van der Waals surface area contributed by atoms with Crippen molar-refractivity contribution in [1.82, 2.24) is 0 Å². The molecule has 0 heterocycles. The minimum atomic E-state index is -3.29. The molecule has 7 heteroatoms. The first-order chi connectivity index (χ1) is 11.5. The normalized spacial score (nSPS) is 11.8. The third-order valence-electron chi connectivity index (χ3n) is 3.28. The number of carbonyl (C=O) groups excluding carboxylic acids is 1. The predicted octanol–water partition coefficient (Wildman–Crippen LogP) is 3.69. The van der Waals surface area contributed by atoms with E-state index < -0.39 is 21.5 Å². The second-order valence-corrected chi connectivity index (χ2v) is 8.74. The van der Waals surface area contributed by atoms with Crippen LogP contribution in [0.25, 0.3) is 11.1 Å². The Morgan fingerprint density at radius 1 is 1.08 bits per heavy atom. The van der Waals surface area contributed by atoms with Crippen molar-refractivity contribution < 1.29 is 17.9 Å². The molecule has 0 bridgehead atoms. The van der Waals surface area contributed by atoms with Crippen LogP contribution in [0.3, 0.4) is 0 Å². The second-order valence-electron chi connectivity index (χ2n) is 6.73. The maximum absolute atomic E-state index is 11.8. The number of benzene rings is 2. The molecule has 0 aliphatic carbocycles. The van der Waals surface area contributed by atoms with Crippen LogP contribution in [0.2, 0.25) is 0 Å². The Labute approximate surface area is 147 Å². The van der Waals surface area contributed by atoms with Crippen molar-refractivity contribution in [3.63, 3.8) is 0 Å². The second kappa shape index (κ2) is 6.76. The molecule has 2 rings (SSSR count). The summed E-state index contributed by atoms with van der Waals surface area (Å²) in [5, 5.41) is 2.60. The number of rotatable bonds is 3. The average molecular weight is 362 g/mol. The third-order valence-corrected chi connectivity index (χ3v) is 4.39. The van der Waals surface area contributed by atoms with Gasteiger partial charge >= 0.3 is 6.09 Å². The summed E-state index contributed by atoms with van der Waals surface area (Å²) >= 11 is 0. The van der Waals surface area contributed by atoms with Gasteiger partial charge in [0.25, 0.3) is 0 Å². The van der Waals surface area contributed by atoms with Crippen molar-refractivity contribution >= 4 is 27.3 Å². The summed E-state index contributed by atoms with van der Waals surface area (Å²) in [6.45, 7) is 5.31. The Morgan fingerprint density at radius 2 is 1.72 bits per heavy atom. The third kappa shape index (κ3) is 5.22. The minimum absolute atomic E-state index is 0.236. The van der Waals surface area contributed by atoms with Gasteiger partial charge in [-0.15, -0.1) is 0 Å². The molecule has 0 saturated carbocycles. The molecule has 0 aromatic heterocycles. The first-order valence-corrected chi connectivity index (χ1v) is 9.55. The van der Waals surface area contributed by atoms with Crippen LogP contribution in [0.1, 0.15) is 20.8 Å². The molecule has 0 fully saturated rings. The molecule has 0 unspecified atom stereocenters. The maximum atomic E-state index is 11.8. The van der Waals surface area contributed by atoms with Gasteiger partial charge in [0, 0.05) is 6.26 Å². The highest BCUT2D eigenvalue weighted by atomic mass is 32.2. The lowest BCUT2D eigenvalue weighted by Gasteiger charge is -2.20. The van der Waals surface area contributed by atoms with Crippen LogP contribution in [0.15, 0.2) is 47.4 Å². The Bertz CT molecular complexity index is 900. The van der Waals surface area contributed by atoms with Crippen LogP contribution < -0.4 is 11.1 Å². The number of carbonyl (C=O) groups is 1. The first kappa shape index (κ1) is 18.8. The van der Waals surface area contributed by atoms with Gasteiger partial charge in [-0.25, -0.2) is 13.2 Å². The van der Waals surface area contributed by atoms with Gasteiger partial charge in [0.2, 0.25) is 0 Å². The fourth-order valence-corrected chi connectivity index (χ4v) is 2.84. The Kier molecular flexibility index (Phi) is 5.08. The average Bonchev–Trinajstić information content (AvgIpc) is 2.46.